The van der Waals surface area contributed by atoms with Gasteiger partial charge in [-0.3, -0.25) is 0 Å². The molecule has 0 bridgehead atoms. The van der Waals surface area contributed by atoms with E-state index in [-0.39, 0.29) is 22.7 Å². The standard InChI is InChI=1S/C76H58N2/c1-75(2)68-35-15-12-31-63(68)66-50-61(44-45-69(66)75)77(58-28-10-5-11-29-58)60-30-19-23-54(48-60)52-21-18-22-53(47-52)55-41-46-73-67(49-55)64-32-14-17-38-72(64)78(73)59-42-39-51(40-43-59)62-34-20-37-71-74(62)65-33-13-16-36-70(65)76(71,56-24-6-3-7-25-56)57-26-8-4-9-27-57/h3-10,12-28,30-50,65,70H,11,29H2,1-2H3. The van der Waals surface area contributed by atoms with Crippen molar-refractivity contribution in [3.05, 3.63) is 318 Å². The molecule has 2 nitrogen and oxygen atoms in total. The van der Waals surface area contributed by atoms with E-state index in [4.69, 9.17) is 0 Å². The summed E-state index contributed by atoms with van der Waals surface area (Å²) in [6.07, 6.45) is 18.2. The molecule has 15 rings (SSSR count). The lowest BCUT2D eigenvalue weighted by molar-refractivity contribution is 0.457. The molecule has 4 aliphatic rings. The first-order chi connectivity index (χ1) is 38.4. The average molecular weight is 999 g/mol. The molecule has 1 aromatic heterocycles. The van der Waals surface area contributed by atoms with E-state index in [1.54, 1.807) is 0 Å². The fourth-order valence-electron chi connectivity index (χ4n) is 14.3. The van der Waals surface area contributed by atoms with Gasteiger partial charge in [0.05, 0.1) is 16.4 Å². The summed E-state index contributed by atoms with van der Waals surface area (Å²) in [6.45, 7) is 4.71. The van der Waals surface area contributed by atoms with Gasteiger partial charge in [0.1, 0.15) is 0 Å². The van der Waals surface area contributed by atoms with E-state index in [0.717, 1.165) is 18.5 Å². The molecule has 2 unspecified atom stereocenters. The van der Waals surface area contributed by atoms with E-state index >= 15 is 0 Å². The van der Waals surface area contributed by atoms with Crippen LogP contribution in [0.25, 0.3) is 72.0 Å². The molecule has 78 heavy (non-hydrogen) atoms. The summed E-state index contributed by atoms with van der Waals surface area (Å²) in [5, 5.41) is 2.49. The third kappa shape index (κ3) is 7.09. The number of rotatable bonds is 9. The van der Waals surface area contributed by atoms with Crippen LogP contribution in [0.4, 0.5) is 11.4 Å². The molecule has 0 spiro atoms. The van der Waals surface area contributed by atoms with Gasteiger partial charge in [-0.2, -0.15) is 0 Å². The maximum Gasteiger partial charge on any atom is 0.0541 e. The Balaban J connectivity index is 0.778. The van der Waals surface area contributed by atoms with Crippen molar-refractivity contribution < 1.29 is 0 Å². The first-order valence-corrected chi connectivity index (χ1v) is 27.8. The smallest absolute Gasteiger partial charge is 0.0541 e. The van der Waals surface area contributed by atoms with Crippen LogP contribution in [0.15, 0.2) is 285 Å². The first-order valence-electron chi connectivity index (χ1n) is 27.8. The van der Waals surface area contributed by atoms with Crippen LogP contribution < -0.4 is 4.90 Å². The van der Waals surface area contributed by atoms with Crippen molar-refractivity contribution in [3.63, 3.8) is 0 Å². The van der Waals surface area contributed by atoms with Crippen LogP contribution in [0, 0.1) is 5.92 Å². The lowest BCUT2D eigenvalue weighted by Gasteiger charge is -2.38. The minimum atomic E-state index is -0.323. The minimum Gasteiger partial charge on any atom is -0.314 e. The minimum absolute atomic E-state index is 0.0385. The molecular formula is C76H58N2. The Kier molecular flexibility index (Phi) is 10.8. The van der Waals surface area contributed by atoms with Crippen LogP contribution >= 0.6 is 0 Å². The second-order valence-corrected chi connectivity index (χ2v) is 22.3. The van der Waals surface area contributed by atoms with E-state index < -0.39 is 0 Å². The molecule has 1 heterocycles. The molecule has 372 valence electrons. The first kappa shape index (κ1) is 46.1. The maximum absolute atomic E-state index is 2.49. The highest BCUT2D eigenvalue weighted by Gasteiger charge is 2.53. The number of hydrogen-bond acceptors (Lipinski definition) is 1. The van der Waals surface area contributed by atoms with Gasteiger partial charge in [0.25, 0.3) is 0 Å². The van der Waals surface area contributed by atoms with Gasteiger partial charge in [0, 0.05) is 50.8 Å². The van der Waals surface area contributed by atoms with Crippen molar-refractivity contribution in [2.45, 2.75) is 43.4 Å². The molecule has 10 aromatic carbocycles. The van der Waals surface area contributed by atoms with Gasteiger partial charge in [0.15, 0.2) is 0 Å². The number of para-hydroxylation sites is 1. The molecule has 0 fully saturated rings. The van der Waals surface area contributed by atoms with Crippen molar-refractivity contribution in [2.75, 3.05) is 4.90 Å². The molecule has 0 aliphatic heterocycles. The van der Waals surface area contributed by atoms with Crippen molar-refractivity contribution in [3.8, 4) is 50.2 Å². The fourth-order valence-corrected chi connectivity index (χ4v) is 14.3. The van der Waals surface area contributed by atoms with Crippen molar-refractivity contribution in [1.29, 1.82) is 0 Å². The summed E-state index contributed by atoms with van der Waals surface area (Å²) < 4.78 is 2.44. The Labute approximate surface area is 457 Å². The van der Waals surface area contributed by atoms with Gasteiger partial charge in [0.2, 0.25) is 0 Å². The number of fused-ring (bicyclic) bond motifs is 9. The van der Waals surface area contributed by atoms with Crippen molar-refractivity contribution >= 4 is 33.2 Å². The molecule has 2 heteroatoms. The fraction of sp³-hybridized carbons (Fsp3) is 0.105. The molecule has 0 amide bonds. The quantitative estimate of drug-likeness (QED) is 0.140. The molecule has 0 N–H and O–H groups in total. The summed E-state index contributed by atoms with van der Waals surface area (Å²) in [5.74, 6) is 0.477. The second kappa shape index (κ2) is 18.2. The van der Waals surface area contributed by atoms with E-state index in [1.165, 1.54) is 117 Å². The molecule has 0 saturated carbocycles. The predicted molar refractivity (Wildman–Crippen MR) is 327 cm³/mol. The SMILES string of the molecule is CC1(C)c2ccccc2-c2cc(N(C3=CC=CCC3)c3cccc(-c4cccc(-c5ccc6c(c5)c5ccccc5n6-c5ccc(-c6cccc7c6C6C=CC=CC6C7(c6ccccc6)c6ccccc6)cc5)c4)c3)ccc21. The zero-order valence-corrected chi connectivity index (χ0v) is 44.0. The van der Waals surface area contributed by atoms with Crippen LogP contribution in [0.5, 0.6) is 0 Å². The third-order valence-electron chi connectivity index (χ3n) is 17.8. The van der Waals surface area contributed by atoms with Crippen LogP contribution in [-0.2, 0) is 10.8 Å². The summed E-state index contributed by atoms with van der Waals surface area (Å²) in [6, 6.07) is 88.9. The lowest BCUT2D eigenvalue weighted by atomic mass is 9.63. The zero-order chi connectivity index (χ0) is 52.0. The Bertz CT molecular complexity index is 4260. The van der Waals surface area contributed by atoms with Crippen LogP contribution in [-0.4, -0.2) is 4.57 Å². The summed E-state index contributed by atoms with van der Waals surface area (Å²) in [7, 11) is 0. The van der Waals surface area contributed by atoms with Gasteiger partial charge < -0.3 is 9.47 Å². The van der Waals surface area contributed by atoms with E-state index in [9.17, 15) is 0 Å². The van der Waals surface area contributed by atoms with E-state index in [0.29, 0.717) is 0 Å². The Morgan fingerprint density at radius 1 is 0.436 bits per heavy atom. The molecule has 4 aliphatic carbocycles. The van der Waals surface area contributed by atoms with Gasteiger partial charge in [-0.05, 0) is 157 Å². The average Bonchev–Trinajstić information content (AvgIpc) is 4.29. The molecular weight excluding hydrogens is 941 g/mol. The number of nitrogens with zero attached hydrogens (tertiary/aromatic N) is 2. The van der Waals surface area contributed by atoms with E-state index in [2.05, 4.69) is 302 Å². The van der Waals surface area contributed by atoms with Gasteiger partial charge in [-0.1, -0.05) is 226 Å². The zero-order valence-electron chi connectivity index (χ0n) is 44.0. The molecule has 0 radical (unpaired) electrons. The van der Waals surface area contributed by atoms with Gasteiger partial charge in [-0.25, -0.2) is 0 Å². The summed E-state index contributed by atoms with van der Waals surface area (Å²) >= 11 is 0. The maximum atomic E-state index is 2.49. The highest BCUT2D eigenvalue weighted by atomic mass is 15.1. The highest BCUT2D eigenvalue weighted by Crippen LogP contribution is 2.61. The monoisotopic (exact) mass is 998 g/mol. The van der Waals surface area contributed by atoms with Crippen molar-refractivity contribution in [2.24, 2.45) is 5.92 Å². The second-order valence-electron chi connectivity index (χ2n) is 22.3. The number of benzene rings is 10. The number of hydrogen-bond donors (Lipinski definition) is 0. The van der Waals surface area contributed by atoms with Crippen LogP contribution in [0.3, 0.4) is 0 Å². The largest absolute Gasteiger partial charge is 0.314 e. The van der Waals surface area contributed by atoms with Crippen molar-refractivity contribution in [1.82, 2.24) is 4.57 Å². The Hall–Kier alpha value is -9.24. The van der Waals surface area contributed by atoms with Crippen LogP contribution in [0.1, 0.15) is 66.0 Å². The normalized spacial score (nSPS) is 17.1. The predicted octanol–water partition coefficient (Wildman–Crippen LogP) is 19.6. The summed E-state index contributed by atoms with van der Waals surface area (Å²) in [4.78, 5) is 2.49. The lowest BCUT2D eigenvalue weighted by Crippen LogP contribution is -2.34. The van der Waals surface area contributed by atoms with Gasteiger partial charge >= 0.3 is 0 Å². The topological polar surface area (TPSA) is 8.17 Å². The van der Waals surface area contributed by atoms with E-state index in [1.807, 2.05) is 0 Å². The third-order valence-corrected chi connectivity index (χ3v) is 17.8. The molecule has 2 atom stereocenters. The summed E-state index contributed by atoms with van der Waals surface area (Å²) in [5.41, 5.74) is 25.1. The number of aromatic nitrogens is 1. The molecule has 11 aromatic rings. The Morgan fingerprint density at radius 3 is 1.83 bits per heavy atom. The highest BCUT2D eigenvalue weighted by molar-refractivity contribution is 6.10. The molecule has 0 saturated heterocycles. The van der Waals surface area contributed by atoms with Crippen LogP contribution in [0.2, 0.25) is 0 Å². The Morgan fingerprint density at radius 2 is 1.05 bits per heavy atom. The number of anilines is 2. The van der Waals surface area contributed by atoms with Gasteiger partial charge in [-0.15, -0.1) is 0 Å². The number of allylic oxidation sites excluding steroid dienone is 8.